The van der Waals surface area contributed by atoms with Gasteiger partial charge in [0, 0.05) is 23.3 Å². The van der Waals surface area contributed by atoms with Crippen LogP contribution in [0.3, 0.4) is 0 Å². The Kier molecular flexibility index (Phi) is 5.17. The SMILES string of the molecule is CC(NCc1ccc(Br)cn1)c1ccc(C(C)(C)C)cc1. The molecular formula is C18H23BrN2. The van der Waals surface area contributed by atoms with Gasteiger partial charge in [0.05, 0.1) is 5.69 Å². The van der Waals surface area contributed by atoms with Crippen molar-refractivity contribution < 1.29 is 0 Å². The summed E-state index contributed by atoms with van der Waals surface area (Å²) in [4.78, 5) is 4.38. The Labute approximate surface area is 136 Å². The first-order valence-electron chi connectivity index (χ1n) is 7.30. The number of rotatable bonds is 4. The Hall–Kier alpha value is -1.19. The molecule has 0 aliphatic carbocycles. The van der Waals surface area contributed by atoms with Crippen LogP contribution >= 0.6 is 15.9 Å². The zero-order valence-electron chi connectivity index (χ0n) is 13.2. The fourth-order valence-electron chi connectivity index (χ4n) is 2.16. The van der Waals surface area contributed by atoms with Gasteiger partial charge in [-0.15, -0.1) is 0 Å². The molecule has 2 nitrogen and oxygen atoms in total. The lowest BCUT2D eigenvalue weighted by molar-refractivity contribution is 0.564. The molecule has 1 N–H and O–H groups in total. The fourth-order valence-corrected chi connectivity index (χ4v) is 2.39. The first-order chi connectivity index (χ1) is 9.86. The molecule has 0 aliphatic heterocycles. The number of halogens is 1. The van der Waals surface area contributed by atoms with Crippen LogP contribution in [0, 0.1) is 0 Å². The molecule has 3 heteroatoms. The minimum Gasteiger partial charge on any atom is -0.305 e. The third-order valence-electron chi connectivity index (χ3n) is 3.65. The van der Waals surface area contributed by atoms with Gasteiger partial charge in [-0.25, -0.2) is 0 Å². The summed E-state index contributed by atoms with van der Waals surface area (Å²) in [5.74, 6) is 0. The van der Waals surface area contributed by atoms with Crippen molar-refractivity contribution in [3.63, 3.8) is 0 Å². The van der Waals surface area contributed by atoms with Gasteiger partial charge in [0.15, 0.2) is 0 Å². The molecule has 0 fully saturated rings. The molecule has 0 saturated carbocycles. The van der Waals surface area contributed by atoms with Crippen molar-refractivity contribution in [2.75, 3.05) is 0 Å². The monoisotopic (exact) mass is 346 g/mol. The van der Waals surface area contributed by atoms with Crippen molar-refractivity contribution in [3.8, 4) is 0 Å². The van der Waals surface area contributed by atoms with E-state index in [1.165, 1.54) is 11.1 Å². The summed E-state index contributed by atoms with van der Waals surface area (Å²) in [6, 6.07) is 13.3. The van der Waals surface area contributed by atoms with E-state index in [4.69, 9.17) is 0 Å². The smallest absolute Gasteiger partial charge is 0.0542 e. The summed E-state index contributed by atoms with van der Waals surface area (Å²) >= 11 is 3.40. The number of aromatic nitrogens is 1. The van der Waals surface area contributed by atoms with Gasteiger partial charge in [-0.1, -0.05) is 45.0 Å². The van der Waals surface area contributed by atoms with Crippen molar-refractivity contribution in [2.24, 2.45) is 0 Å². The molecule has 2 aromatic rings. The summed E-state index contributed by atoms with van der Waals surface area (Å²) in [5, 5.41) is 3.52. The van der Waals surface area contributed by atoms with Crippen molar-refractivity contribution in [2.45, 2.75) is 45.7 Å². The highest BCUT2D eigenvalue weighted by Crippen LogP contribution is 2.24. The molecule has 0 aliphatic rings. The van der Waals surface area contributed by atoms with Crippen LogP contribution in [0.4, 0.5) is 0 Å². The zero-order chi connectivity index (χ0) is 15.5. The summed E-state index contributed by atoms with van der Waals surface area (Å²) in [6.07, 6.45) is 1.83. The van der Waals surface area contributed by atoms with Crippen LogP contribution in [0.1, 0.15) is 50.6 Å². The van der Waals surface area contributed by atoms with Crippen LogP contribution < -0.4 is 5.32 Å². The molecule has 112 valence electrons. The van der Waals surface area contributed by atoms with Crippen LogP contribution in [-0.2, 0) is 12.0 Å². The minimum absolute atomic E-state index is 0.205. The van der Waals surface area contributed by atoms with E-state index in [0.29, 0.717) is 6.04 Å². The number of nitrogens with one attached hydrogen (secondary N) is 1. The van der Waals surface area contributed by atoms with E-state index >= 15 is 0 Å². The predicted octanol–water partition coefficient (Wildman–Crippen LogP) is 4.99. The predicted molar refractivity (Wildman–Crippen MR) is 92.3 cm³/mol. The molecule has 0 spiro atoms. The average Bonchev–Trinajstić information content (AvgIpc) is 2.45. The van der Waals surface area contributed by atoms with Gasteiger partial charge in [-0.2, -0.15) is 0 Å². The Bertz CT molecular complexity index is 568. The normalized spacial score (nSPS) is 13.2. The maximum atomic E-state index is 4.38. The van der Waals surface area contributed by atoms with Crippen LogP contribution in [-0.4, -0.2) is 4.98 Å². The number of pyridine rings is 1. The van der Waals surface area contributed by atoms with E-state index in [9.17, 15) is 0 Å². The van der Waals surface area contributed by atoms with Gasteiger partial charge < -0.3 is 5.32 Å². The minimum atomic E-state index is 0.205. The van der Waals surface area contributed by atoms with E-state index in [2.05, 4.69) is 78.2 Å². The quantitative estimate of drug-likeness (QED) is 0.843. The van der Waals surface area contributed by atoms with Gasteiger partial charge in [0.25, 0.3) is 0 Å². The van der Waals surface area contributed by atoms with Gasteiger partial charge >= 0.3 is 0 Å². The van der Waals surface area contributed by atoms with E-state index < -0.39 is 0 Å². The Morgan fingerprint density at radius 1 is 1.10 bits per heavy atom. The fraction of sp³-hybridized carbons (Fsp3) is 0.389. The maximum Gasteiger partial charge on any atom is 0.0542 e. The largest absolute Gasteiger partial charge is 0.305 e. The highest BCUT2D eigenvalue weighted by Gasteiger charge is 2.13. The molecule has 1 heterocycles. The lowest BCUT2D eigenvalue weighted by atomic mass is 9.86. The molecule has 21 heavy (non-hydrogen) atoms. The summed E-state index contributed by atoms with van der Waals surface area (Å²) in [6.45, 7) is 9.68. The topological polar surface area (TPSA) is 24.9 Å². The van der Waals surface area contributed by atoms with Crippen LogP contribution in [0.15, 0.2) is 47.1 Å². The van der Waals surface area contributed by atoms with Crippen molar-refractivity contribution in [3.05, 3.63) is 63.9 Å². The Balaban J connectivity index is 1.97. The highest BCUT2D eigenvalue weighted by molar-refractivity contribution is 9.10. The van der Waals surface area contributed by atoms with Gasteiger partial charge in [-0.3, -0.25) is 4.98 Å². The van der Waals surface area contributed by atoms with E-state index in [1.54, 1.807) is 0 Å². The molecule has 0 radical (unpaired) electrons. The molecule has 2 rings (SSSR count). The number of hydrogen-bond acceptors (Lipinski definition) is 2. The van der Waals surface area contributed by atoms with Gasteiger partial charge in [0.1, 0.15) is 0 Å². The summed E-state index contributed by atoms with van der Waals surface area (Å²) in [7, 11) is 0. The van der Waals surface area contributed by atoms with E-state index in [0.717, 1.165) is 16.7 Å². The standard InChI is InChI=1S/C18H23BrN2/c1-13(20-12-17-10-9-16(19)11-21-17)14-5-7-15(8-6-14)18(2,3)4/h5-11,13,20H,12H2,1-4H3. The van der Waals surface area contributed by atoms with Crippen molar-refractivity contribution >= 4 is 15.9 Å². The molecule has 0 saturated heterocycles. The second kappa shape index (κ2) is 6.71. The summed E-state index contributed by atoms with van der Waals surface area (Å²) in [5.41, 5.74) is 3.93. The first kappa shape index (κ1) is 16.2. The highest BCUT2D eigenvalue weighted by atomic mass is 79.9. The number of nitrogens with zero attached hydrogens (tertiary/aromatic N) is 1. The summed E-state index contributed by atoms with van der Waals surface area (Å²) < 4.78 is 1.01. The molecule has 0 amide bonds. The second-order valence-corrected chi connectivity index (χ2v) is 7.36. The van der Waals surface area contributed by atoms with Gasteiger partial charge in [0.2, 0.25) is 0 Å². The molecule has 1 aromatic heterocycles. The lowest BCUT2D eigenvalue weighted by Crippen LogP contribution is -2.19. The maximum absolute atomic E-state index is 4.38. The van der Waals surface area contributed by atoms with Crippen molar-refractivity contribution in [1.82, 2.24) is 10.3 Å². The van der Waals surface area contributed by atoms with Gasteiger partial charge in [-0.05, 0) is 51.5 Å². The van der Waals surface area contributed by atoms with Crippen LogP contribution in [0.2, 0.25) is 0 Å². The number of benzene rings is 1. The second-order valence-electron chi connectivity index (χ2n) is 6.44. The van der Waals surface area contributed by atoms with E-state index in [1.807, 2.05) is 18.3 Å². The molecular weight excluding hydrogens is 324 g/mol. The van der Waals surface area contributed by atoms with E-state index in [-0.39, 0.29) is 5.41 Å². The molecule has 1 unspecified atom stereocenters. The van der Waals surface area contributed by atoms with Crippen LogP contribution in [0.25, 0.3) is 0 Å². The zero-order valence-corrected chi connectivity index (χ0v) is 14.7. The van der Waals surface area contributed by atoms with Crippen LogP contribution in [0.5, 0.6) is 0 Å². The molecule has 1 aromatic carbocycles. The third-order valence-corrected chi connectivity index (χ3v) is 4.12. The Morgan fingerprint density at radius 2 is 1.76 bits per heavy atom. The number of hydrogen-bond donors (Lipinski definition) is 1. The molecule has 1 atom stereocenters. The molecule has 0 bridgehead atoms. The third kappa shape index (κ3) is 4.65. The van der Waals surface area contributed by atoms with Crippen molar-refractivity contribution in [1.29, 1.82) is 0 Å². The Morgan fingerprint density at radius 3 is 2.29 bits per heavy atom. The average molecular weight is 347 g/mol. The first-order valence-corrected chi connectivity index (χ1v) is 8.10. The lowest BCUT2D eigenvalue weighted by Gasteiger charge is -2.20.